The van der Waals surface area contributed by atoms with E-state index in [2.05, 4.69) is 24.3 Å². The first-order valence-electron chi connectivity index (χ1n) is 6.33. The van der Waals surface area contributed by atoms with Crippen LogP contribution in [0.1, 0.15) is 10.5 Å². The highest BCUT2D eigenvalue weighted by Gasteiger charge is 2.10. The van der Waals surface area contributed by atoms with Crippen molar-refractivity contribution in [1.82, 2.24) is 18.9 Å². The van der Waals surface area contributed by atoms with Crippen LogP contribution >= 0.6 is 11.7 Å². The number of benzene rings is 1. The second kappa shape index (κ2) is 6.27. The molecule has 22 heavy (non-hydrogen) atoms. The van der Waals surface area contributed by atoms with Gasteiger partial charge in [-0.05, 0) is 36.4 Å². The third-order valence-electron chi connectivity index (χ3n) is 2.89. The number of carbonyl (C=O) groups is 1. The fourth-order valence-electron chi connectivity index (χ4n) is 1.76. The zero-order valence-electron chi connectivity index (χ0n) is 11.6. The molecule has 0 radical (unpaired) electrons. The highest BCUT2D eigenvalue weighted by Crippen LogP contribution is 2.20. The van der Waals surface area contributed by atoms with Crippen LogP contribution in [0.2, 0.25) is 0 Å². The van der Waals surface area contributed by atoms with Gasteiger partial charge < -0.3 is 10.1 Å². The van der Waals surface area contributed by atoms with Crippen molar-refractivity contribution < 1.29 is 9.53 Å². The van der Waals surface area contributed by atoms with E-state index in [1.165, 1.54) is 6.20 Å². The highest BCUT2D eigenvalue weighted by molar-refractivity contribution is 6.99. The Labute approximate surface area is 130 Å². The summed E-state index contributed by atoms with van der Waals surface area (Å²) in [5.74, 6) is 0.771. The molecule has 0 bridgehead atoms. The summed E-state index contributed by atoms with van der Waals surface area (Å²) in [5.41, 5.74) is 1.87. The van der Waals surface area contributed by atoms with Crippen LogP contribution < -0.4 is 10.1 Å². The predicted molar refractivity (Wildman–Crippen MR) is 81.9 cm³/mol. The van der Waals surface area contributed by atoms with Crippen LogP contribution in [0, 0.1) is 0 Å². The van der Waals surface area contributed by atoms with Crippen molar-refractivity contribution in [3.63, 3.8) is 0 Å². The SMILES string of the molecule is COc1ccc(-c2ccc(NC(=O)c3cnsn3)nn2)cc1. The van der Waals surface area contributed by atoms with Gasteiger partial charge in [0.2, 0.25) is 0 Å². The molecule has 0 aliphatic carbocycles. The van der Waals surface area contributed by atoms with Crippen LogP contribution in [0.4, 0.5) is 5.82 Å². The van der Waals surface area contributed by atoms with Gasteiger partial charge in [0.25, 0.3) is 5.91 Å². The number of aromatic nitrogens is 4. The Hall–Kier alpha value is -2.87. The van der Waals surface area contributed by atoms with Crippen LogP contribution in [-0.4, -0.2) is 32.0 Å². The van der Waals surface area contributed by atoms with Crippen molar-refractivity contribution in [3.8, 4) is 17.0 Å². The van der Waals surface area contributed by atoms with Crippen molar-refractivity contribution in [3.05, 3.63) is 48.3 Å². The maximum atomic E-state index is 11.8. The molecular weight excluding hydrogens is 302 g/mol. The van der Waals surface area contributed by atoms with E-state index < -0.39 is 0 Å². The molecule has 0 saturated carbocycles. The second-order valence-electron chi connectivity index (χ2n) is 4.28. The molecule has 0 unspecified atom stereocenters. The Morgan fingerprint density at radius 3 is 2.55 bits per heavy atom. The van der Waals surface area contributed by atoms with Gasteiger partial charge in [-0.25, -0.2) is 0 Å². The molecule has 0 aliphatic heterocycles. The minimum atomic E-state index is -0.361. The summed E-state index contributed by atoms with van der Waals surface area (Å²) in [7, 11) is 1.62. The van der Waals surface area contributed by atoms with Gasteiger partial charge >= 0.3 is 0 Å². The van der Waals surface area contributed by atoms with Gasteiger partial charge in [0, 0.05) is 5.56 Å². The van der Waals surface area contributed by atoms with E-state index in [1.807, 2.05) is 24.3 Å². The molecule has 0 atom stereocenters. The summed E-state index contributed by atoms with van der Waals surface area (Å²) >= 11 is 0.974. The number of methoxy groups -OCH3 is 1. The van der Waals surface area contributed by atoms with E-state index in [-0.39, 0.29) is 11.6 Å². The largest absolute Gasteiger partial charge is 0.497 e. The normalized spacial score (nSPS) is 10.2. The molecule has 1 amide bonds. The number of ether oxygens (including phenoxy) is 1. The van der Waals surface area contributed by atoms with E-state index in [9.17, 15) is 4.79 Å². The van der Waals surface area contributed by atoms with Gasteiger partial charge in [-0.15, -0.1) is 10.2 Å². The third kappa shape index (κ3) is 3.07. The van der Waals surface area contributed by atoms with Gasteiger partial charge in [0.1, 0.15) is 5.75 Å². The molecule has 2 heterocycles. The summed E-state index contributed by atoms with van der Waals surface area (Å²) in [5, 5.41) is 10.7. The van der Waals surface area contributed by atoms with Gasteiger partial charge in [-0.2, -0.15) is 8.75 Å². The molecule has 0 fully saturated rings. The Morgan fingerprint density at radius 1 is 1.14 bits per heavy atom. The van der Waals surface area contributed by atoms with Gasteiger partial charge in [-0.1, -0.05) is 0 Å². The van der Waals surface area contributed by atoms with Crippen LogP contribution in [-0.2, 0) is 0 Å². The van der Waals surface area contributed by atoms with Crippen LogP contribution in [0.5, 0.6) is 5.75 Å². The van der Waals surface area contributed by atoms with Crippen molar-refractivity contribution in [2.45, 2.75) is 0 Å². The number of nitrogens with zero attached hydrogens (tertiary/aromatic N) is 4. The summed E-state index contributed by atoms with van der Waals surface area (Å²) in [4.78, 5) is 11.8. The van der Waals surface area contributed by atoms with Crippen LogP contribution in [0.3, 0.4) is 0 Å². The van der Waals surface area contributed by atoms with E-state index in [0.717, 1.165) is 23.0 Å². The Kier molecular flexibility index (Phi) is 4.01. The monoisotopic (exact) mass is 313 g/mol. The van der Waals surface area contributed by atoms with E-state index in [0.29, 0.717) is 11.5 Å². The second-order valence-corrected chi connectivity index (χ2v) is 4.84. The number of hydrogen-bond donors (Lipinski definition) is 1. The van der Waals surface area contributed by atoms with E-state index in [1.54, 1.807) is 19.2 Å². The molecule has 8 heteroatoms. The first-order valence-corrected chi connectivity index (χ1v) is 7.06. The number of rotatable bonds is 4. The lowest BCUT2D eigenvalue weighted by molar-refractivity contribution is 0.102. The van der Waals surface area contributed by atoms with E-state index in [4.69, 9.17) is 4.74 Å². The lowest BCUT2D eigenvalue weighted by Crippen LogP contribution is -2.13. The number of nitrogens with one attached hydrogen (secondary N) is 1. The molecule has 1 aromatic carbocycles. The van der Waals surface area contributed by atoms with Crippen LogP contribution in [0.15, 0.2) is 42.6 Å². The Bertz CT molecular complexity index is 757. The zero-order chi connectivity index (χ0) is 15.4. The Balaban J connectivity index is 1.73. The first kappa shape index (κ1) is 14.1. The van der Waals surface area contributed by atoms with Crippen molar-refractivity contribution >= 4 is 23.5 Å². The number of hydrogen-bond acceptors (Lipinski definition) is 7. The fraction of sp³-hybridized carbons (Fsp3) is 0.0714. The average Bonchev–Trinajstić information content (AvgIpc) is 3.10. The van der Waals surface area contributed by atoms with Crippen molar-refractivity contribution in [1.29, 1.82) is 0 Å². The molecule has 7 nitrogen and oxygen atoms in total. The molecule has 2 aromatic heterocycles. The summed E-state index contributed by atoms with van der Waals surface area (Å²) in [6.45, 7) is 0. The standard InChI is InChI=1S/C14H11N5O2S/c1-21-10-4-2-9(3-5-10)11-6-7-13(18-17-11)16-14(20)12-8-15-22-19-12/h2-8H,1H3,(H,16,18,20). The topological polar surface area (TPSA) is 89.9 Å². The number of carbonyl (C=O) groups excluding carboxylic acids is 1. The summed E-state index contributed by atoms with van der Waals surface area (Å²) in [6, 6.07) is 10.9. The molecular formula is C14H11N5O2S. The van der Waals surface area contributed by atoms with Crippen molar-refractivity contribution in [2.24, 2.45) is 0 Å². The number of anilines is 1. The molecule has 110 valence electrons. The molecule has 0 spiro atoms. The van der Waals surface area contributed by atoms with Gasteiger partial charge in [0.05, 0.1) is 30.7 Å². The lowest BCUT2D eigenvalue weighted by atomic mass is 10.1. The molecule has 3 rings (SSSR count). The average molecular weight is 313 g/mol. The quantitative estimate of drug-likeness (QED) is 0.794. The minimum absolute atomic E-state index is 0.256. The maximum absolute atomic E-state index is 11.8. The molecule has 0 aliphatic rings. The Morgan fingerprint density at radius 2 is 1.95 bits per heavy atom. The highest BCUT2D eigenvalue weighted by atomic mass is 32.1. The van der Waals surface area contributed by atoms with Gasteiger partial charge in [0.15, 0.2) is 11.5 Å². The minimum Gasteiger partial charge on any atom is -0.497 e. The van der Waals surface area contributed by atoms with Crippen LogP contribution in [0.25, 0.3) is 11.3 Å². The molecule has 1 N–H and O–H groups in total. The zero-order valence-corrected chi connectivity index (χ0v) is 12.4. The third-order valence-corrected chi connectivity index (χ3v) is 3.36. The summed E-state index contributed by atoms with van der Waals surface area (Å²) < 4.78 is 12.7. The van der Waals surface area contributed by atoms with Gasteiger partial charge in [-0.3, -0.25) is 4.79 Å². The smallest absolute Gasteiger partial charge is 0.278 e. The predicted octanol–water partition coefficient (Wildman–Crippen LogP) is 2.26. The maximum Gasteiger partial charge on any atom is 0.278 e. The first-order chi connectivity index (χ1) is 10.8. The van der Waals surface area contributed by atoms with Crippen molar-refractivity contribution in [2.75, 3.05) is 12.4 Å². The lowest BCUT2D eigenvalue weighted by Gasteiger charge is -2.04. The summed E-state index contributed by atoms with van der Waals surface area (Å²) in [6.07, 6.45) is 1.40. The molecule has 0 saturated heterocycles. The molecule has 3 aromatic rings. The van der Waals surface area contributed by atoms with E-state index >= 15 is 0 Å². The fourth-order valence-corrected chi connectivity index (χ4v) is 2.17. The number of amides is 1.